The van der Waals surface area contributed by atoms with Gasteiger partial charge >= 0.3 is 0 Å². The highest BCUT2D eigenvalue weighted by Gasteiger charge is 2.21. The molecule has 0 amide bonds. The van der Waals surface area contributed by atoms with Crippen LogP contribution < -0.4 is 14.8 Å². The Morgan fingerprint density at radius 3 is 3.14 bits per heavy atom. The van der Waals surface area contributed by atoms with Crippen LogP contribution in [0.15, 0.2) is 24.7 Å². The number of nitrogens with one attached hydrogen (secondary N) is 2. The third kappa shape index (κ3) is 3.19. The predicted octanol–water partition coefficient (Wildman–Crippen LogP) is 2.07. The largest absolute Gasteiger partial charge is 0.496 e. The Labute approximate surface area is 124 Å². The molecule has 3 rings (SSSR count). The second kappa shape index (κ2) is 6.18. The van der Waals surface area contributed by atoms with Crippen LogP contribution in [0.3, 0.4) is 0 Å². The van der Waals surface area contributed by atoms with E-state index >= 15 is 0 Å². The monoisotopic (exact) mass is 287 g/mol. The molecule has 2 N–H and O–H groups in total. The Hall–Kier alpha value is -2.01. The zero-order valence-corrected chi connectivity index (χ0v) is 12.5. The topological polar surface area (TPSA) is 59.2 Å². The molecule has 1 aliphatic heterocycles. The summed E-state index contributed by atoms with van der Waals surface area (Å²) in [6.45, 7) is 3.75. The average Bonchev–Trinajstić information content (AvgIpc) is 3.10. The van der Waals surface area contributed by atoms with Crippen molar-refractivity contribution in [1.29, 1.82) is 0 Å². The first-order chi connectivity index (χ1) is 10.3. The lowest BCUT2D eigenvalue weighted by molar-refractivity contribution is 0.254. The number of fused-ring (bicyclic) bond motifs is 1. The molecule has 0 radical (unpaired) electrons. The van der Waals surface area contributed by atoms with Gasteiger partial charge < -0.3 is 19.8 Å². The molecule has 0 bridgehead atoms. The zero-order chi connectivity index (χ0) is 14.7. The van der Waals surface area contributed by atoms with Crippen molar-refractivity contribution in [2.45, 2.75) is 32.4 Å². The van der Waals surface area contributed by atoms with E-state index in [1.54, 1.807) is 13.4 Å². The summed E-state index contributed by atoms with van der Waals surface area (Å²) in [6.07, 6.45) is 5.71. The van der Waals surface area contributed by atoms with Crippen LogP contribution in [0.2, 0.25) is 0 Å². The molecule has 0 fully saturated rings. The molecule has 0 aliphatic carbocycles. The molecule has 5 nitrogen and oxygen atoms in total. The van der Waals surface area contributed by atoms with Crippen LogP contribution in [0.4, 0.5) is 0 Å². The van der Waals surface area contributed by atoms with Crippen molar-refractivity contribution in [2.24, 2.45) is 0 Å². The van der Waals surface area contributed by atoms with Crippen LogP contribution in [-0.4, -0.2) is 29.7 Å². The number of hydrogen-bond acceptors (Lipinski definition) is 4. The number of ether oxygens (including phenoxy) is 2. The van der Waals surface area contributed by atoms with Gasteiger partial charge in [-0.15, -0.1) is 0 Å². The molecule has 2 aromatic rings. The zero-order valence-electron chi connectivity index (χ0n) is 12.5. The number of H-pyrrole nitrogens is 1. The Morgan fingerprint density at radius 1 is 1.48 bits per heavy atom. The van der Waals surface area contributed by atoms with Gasteiger partial charge in [-0.1, -0.05) is 0 Å². The summed E-state index contributed by atoms with van der Waals surface area (Å²) in [5.41, 5.74) is 3.51. The summed E-state index contributed by atoms with van der Waals surface area (Å²) in [7, 11) is 1.72. The molecule has 5 heteroatoms. The molecule has 0 saturated carbocycles. The van der Waals surface area contributed by atoms with Gasteiger partial charge in [-0.05, 0) is 19.1 Å². The number of nitrogens with zero attached hydrogens (tertiary/aromatic N) is 1. The summed E-state index contributed by atoms with van der Waals surface area (Å²) < 4.78 is 11.3. The Kier molecular flexibility index (Phi) is 4.10. The van der Waals surface area contributed by atoms with Gasteiger partial charge in [-0.3, -0.25) is 0 Å². The summed E-state index contributed by atoms with van der Waals surface area (Å²) >= 11 is 0. The smallest absolute Gasteiger partial charge is 0.123 e. The normalized spacial score (nSPS) is 16.6. The molecule has 1 aliphatic rings. The molecule has 0 spiro atoms. The molecular weight excluding hydrogens is 266 g/mol. The van der Waals surface area contributed by atoms with E-state index in [1.165, 1.54) is 5.56 Å². The second-order valence-corrected chi connectivity index (χ2v) is 5.41. The molecule has 2 heterocycles. The SMILES string of the molecule is COc1cc2c(cc1CNCCc1cnc[nH]1)OC(C)C2. The maximum absolute atomic E-state index is 5.82. The van der Waals surface area contributed by atoms with Crippen molar-refractivity contribution in [3.8, 4) is 11.5 Å². The van der Waals surface area contributed by atoms with Crippen molar-refractivity contribution in [1.82, 2.24) is 15.3 Å². The summed E-state index contributed by atoms with van der Waals surface area (Å²) in [4.78, 5) is 7.11. The van der Waals surface area contributed by atoms with Crippen LogP contribution >= 0.6 is 0 Å². The van der Waals surface area contributed by atoms with Crippen molar-refractivity contribution < 1.29 is 9.47 Å². The van der Waals surface area contributed by atoms with E-state index in [-0.39, 0.29) is 6.10 Å². The number of benzene rings is 1. The molecular formula is C16H21N3O2. The highest BCUT2D eigenvalue weighted by molar-refractivity contribution is 5.48. The predicted molar refractivity (Wildman–Crippen MR) is 80.8 cm³/mol. The number of rotatable bonds is 6. The lowest BCUT2D eigenvalue weighted by Crippen LogP contribution is -2.17. The van der Waals surface area contributed by atoms with Gasteiger partial charge in [0.2, 0.25) is 0 Å². The molecule has 1 unspecified atom stereocenters. The van der Waals surface area contributed by atoms with E-state index in [0.717, 1.165) is 48.7 Å². The van der Waals surface area contributed by atoms with E-state index in [9.17, 15) is 0 Å². The first-order valence-electron chi connectivity index (χ1n) is 7.30. The number of aromatic nitrogens is 2. The van der Waals surface area contributed by atoms with Crippen LogP contribution in [-0.2, 0) is 19.4 Å². The second-order valence-electron chi connectivity index (χ2n) is 5.41. The summed E-state index contributed by atoms with van der Waals surface area (Å²) in [5, 5.41) is 3.43. The van der Waals surface area contributed by atoms with Crippen LogP contribution in [0.1, 0.15) is 23.7 Å². The third-order valence-electron chi connectivity index (χ3n) is 3.74. The summed E-state index contributed by atoms with van der Waals surface area (Å²) in [6, 6.07) is 4.20. The number of methoxy groups -OCH3 is 1. The van der Waals surface area contributed by atoms with Crippen LogP contribution in [0.25, 0.3) is 0 Å². The standard InChI is InChI=1S/C16H21N3O2/c1-11-5-12-6-15(20-2)13(7-16(12)21-11)8-17-4-3-14-9-18-10-19-14/h6-7,9-11,17H,3-5,8H2,1-2H3,(H,18,19). The van der Waals surface area contributed by atoms with E-state index in [1.807, 2.05) is 6.20 Å². The van der Waals surface area contributed by atoms with Gasteiger partial charge in [0.15, 0.2) is 0 Å². The van der Waals surface area contributed by atoms with Crippen molar-refractivity contribution in [3.63, 3.8) is 0 Å². The molecule has 1 aromatic heterocycles. The number of imidazole rings is 1. The first-order valence-corrected chi connectivity index (χ1v) is 7.30. The fourth-order valence-electron chi connectivity index (χ4n) is 2.68. The minimum atomic E-state index is 0.258. The van der Waals surface area contributed by atoms with Crippen LogP contribution in [0.5, 0.6) is 11.5 Å². The fourth-order valence-corrected chi connectivity index (χ4v) is 2.68. The molecule has 1 atom stereocenters. The Balaban J connectivity index is 1.61. The average molecular weight is 287 g/mol. The minimum absolute atomic E-state index is 0.258. The number of hydrogen-bond donors (Lipinski definition) is 2. The van der Waals surface area contributed by atoms with Gasteiger partial charge in [0, 0.05) is 48.9 Å². The van der Waals surface area contributed by atoms with Gasteiger partial charge in [0.05, 0.1) is 13.4 Å². The fraction of sp³-hybridized carbons (Fsp3) is 0.438. The van der Waals surface area contributed by atoms with Gasteiger partial charge in [0.25, 0.3) is 0 Å². The lowest BCUT2D eigenvalue weighted by atomic mass is 10.1. The van der Waals surface area contributed by atoms with E-state index < -0.39 is 0 Å². The maximum atomic E-state index is 5.82. The van der Waals surface area contributed by atoms with Gasteiger partial charge in [0.1, 0.15) is 17.6 Å². The molecule has 21 heavy (non-hydrogen) atoms. The van der Waals surface area contributed by atoms with Crippen molar-refractivity contribution >= 4 is 0 Å². The van der Waals surface area contributed by atoms with Crippen molar-refractivity contribution in [3.05, 3.63) is 41.5 Å². The number of aromatic amines is 1. The van der Waals surface area contributed by atoms with E-state index in [0.29, 0.717) is 0 Å². The highest BCUT2D eigenvalue weighted by atomic mass is 16.5. The highest BCUT2D eigenvalue weighted by Crippen LogP contribution is 2.34. The third-order valence-corrected chi connectivity index (χ3v) is 3.74. The molecule has 1 aromatic carbocycles. The Bertz CT molecular complexity index is 596. The first kappa shape index (κ1) is 13.9. The van der Waals surface area contributed by atoms with E-state index in [2.05, 4.69) is 34.3 Å². The lowest BCUT2D eigenvalue weighted by Gasteiger charge is -2.12. The quantitative estimate of drug-likeness (QED) is 0.799. The van der Waals surface area contributed by atoms with Gasteiger partial charge in [-0.2, -0.15) is 0 Å². The minimum Gasteiger partial charge on any atom is -0.496 e. The molecule has 112 valence electrons. The summed E-state index contributed by atoms with van der Waals surface area (Å²) in [5.74, 6) is 1.93. The maximum Gasteiger partial charge on any atom is 0.123 e. The Morgan fingerprint density at radius 2 is 2.38 bits per heavy atom. The molecule has 0 saturated heterocycles. The van der Waals surface area contributed by atoms with Crippen LogP contribution in [0, 0.1) is 0 Å². The van der Waals surface area contributed by atoms with Crippen molar-refractivity contribution in [2.75, 3.05) is 13.7 Å². The van der Waals surface area contributed by atoms with E-state index in [4.69, 9.17) is 9.47 Å². The van der Waals surface area contributed by atoms with Gasteiger partial charge in [-0.25, -0.2) is 4.98 Å².